The summed E-state index contributed by atoms with van der Waals surface area (Å²) in [6.45, 7) is 0. The molecule has 0 atom stereocenters. The first-order valence-corrected chi connectivity index (χ1v) is 5.21. The van der Waals surface area contributed by atoms with Crippen LogP contribution in [-0.4, -0.2) is 6.29 Å². The molecule has 2 aromatic heterocycles. The van der Waals surface area contributed by atoms with Crippen molar-refractivity contribution in [3.63, 3.8) is 0 Å². The van der Waals surface area contributed by atoms with Crippen molar-refractivity contribution in [1.82, 2.24) is 0 Å². The predicted molar refractivity (Wildman–Crippen MR) is 60.8 cm³/mol. The Bertz CT molecular complexity index is 267. The Morgan fingerprint density at radius 3 is 2.00 bits per heavy atom. The minimum absolute atomic E-state index is 0. The van der Waals surface area contributed by atoms with Gasteiger partial charge in [0.2, 0.25) is 0 Å². The molecule has 70 valence electrons. The summed E-state index contributed by atoms with van der Waals surface area (Å²) < 4.78 is 0. The maximum atomic E-state index is 9.88. The van der Waals surface area contributed by atoms with E-state index in [2.05, 4.69) is 0 Å². The third-order valence-electron chi connectivity index (χ3n) is 1.08. The van der Waals surface area contributed by atoms with Gasteiger partial charge in [-0.3, -0.25) is 4.79 Å². The fourth-order valence-electron chi connectivity index (χ4n) is 0.585. The van der Waals surface area contributed by atoms with E-state index in [1.807, 2.05) is 34.3 Å². The van der Waals surface area contributed by atoms with Crippen LogP contribution < -0.4 is 0 Å². The van der Waals surface area contributed by atoms with E-state index >= 15 is 0 Å². The molecule has 0 unspecified atom stereocenters. The molecule has 0 aliphatic carbocycles. The summed E-state index contributed by atoms with van der Waals surface area (Å²) >= 11 is 3.17. The zero-order chi connectivity index (χ0) is 8.65. The van der Waals surface area contributed by atoms with E-state index in [1.165, 1.54) is 11.3 Å². The molecule has 0 radical (unpaired) electrons. The topological polar surface area (TPSA) is 17.1 Å². The molecule has 0 amide bonds. The molecule has 0 bridgehead atoms. The zero-order valence-electron chi connectivity index (χ0n) is 6.34. The summed E-state index contributed by atoms with van der Waals surface area (Å²) in [5.74, 6) is 0. The maximum Gasteiger partial charge on any atom is 0.159 e. The van der Waals surface area contributed by atoms with Crippen LogP contribution in [-0.2, 0) is 0 Å². The van der Waals surface area contributed by atoms with Crippen molar-refractivity contribution in [2.24, 2.45) is 0 Å². The van der Waals surface area contributed by atoms with Gasteiger partial charge >= 0.3 is 0 Å². The van der Waals surface area contributed by atoms with Crippen LogP contribution >= 0.6 is 22.7 Å². The van der Waals surface area contributed by atoms with Crippen LogP contribution in [0, 0.1) is 0 Å². The highest BCUT2D eigenvalue weighted by Crippen LogP contribution is 2.03. The molecule has 2 aromatic rings. The Kier molecular flexibility index (Phi) is 7.15. The molecule has 0 fully saturated rings. The minimum atomic E-state index is 0. The van der Waals surface area contributed by atoms with E-state index in [-0.39, 0.29) is 7.43 Å². The lowest BCUT2D eigenvalue weighted by molar-refractivity contribution is 0.112. The predicted octanol–water partition coefficient (Wildman–Crippen LogP) is 3.94. The first-order valence-electron chi connectivity index (χ1n) is 3.39. The highest BCUT2D eigenvalue weighted by molar-refractivity contribution is 7.11. The van der Waals surface area contributed by atoms with Crippen LogP contribution in [0.3, 0.4) is 0 Å². The van der Waals surface area contributed by atoms with Gasteiger partial charge in [0.15, 0.2) is 6.29 Å². The maximum absolute atomic E-state index is 9.88. The molecule has 0 saturated heterocycles. The summed E-state index contributed by atoms with van der Waals surface area (Å²) in [5.41, 5.74) is 0. The zero-order valence-corrected chi connectivity index (χ0v) is 7.98. The minimum Gasteiger partial charge on any atom is -0.297 e. The second-order valence-corrected chi connectivity index (χ2v) is 3.72. The Balaban J connectivity index is 0.000000215. The van der Waals surface area contributed by atoms with Crippen molar-refractivity contribution in [2.75, 3.05) is 0 Å². The normalized spacial score (nSPS) is 7.69. The molecule has 1 nitrogen and oxygen atoms in total. The summed E-state index contributed by atoms with van der Waals surface area (Å²) in [6.07, 6.45) is 0.852. The molecule has 0 aliphatic rings. The van der Waals surface area contributed by atoms with Crippen LogP contribution in [0.25, 0.3) is 0 Å². The van der Waals surface area contributed by atoms with Gasteiger partial charge in [-0.2, -0.15) is 11.3 Å². The SMILES string of the molecule is C.O=Cc1cccs1.c1ccsc1. The molecular weight excluding hydrogens is 200 g/mol. The van der Waals surface area contributed by atoms with Crippen LogP contribution in [0.2, 0.25) is 0 Å². The fraction of sp³-hybridized carbons (Fsp3) is 0.100. The van der Waals surface area contributed by atoms with Crippen molar-refractivity contribution >= 4 is 29.0 Å². The third-order valence-corrected chi connectivity index (χ3v) is 2.51. The van der Waals surface area contributed by atoms with Crippen molar-refractivity contribution in [1.29, 1.82) is 0 Å². The number of rotatable bonds is 1. The molecule has 2 rings (SSSR count). The number of carbonyl (C=O) groups is 1. The van der Waals surface area contributed by atoms with Crippen molar-refractivity contribution in [3.05, 3.63) is 45.3 Å². The van der Waals surface area contributed by atoms with Crippen molar-refractivity contribution < 1.29 is 4.79 Å². The van der Waals surface area contributed by atoms with Gasteiger partial charge in [-0.1, -0.05) is 25.6 Å². The summed E-state index contributed by atoms with van der Waals surface area (Å²) in [6, 6.07) is 7.68. The summed E-state index contributed by atoms with van der Waals surface area (Å²) in [5, 5.41) is 5.96. The second kappa shape index (κ2) is 7.71. The van der Waals surface area contributed by atoms with Gasteiger partial charge in [0, 0.05) is 0 Å². The van der Waals surface area contributed by atoms with Gasteiger partial charge in [0.1, 0.15) is 0 Å². The Labute approximate surface area is 86.7 Å². The van der Waals surface area contributed by atoms with Crippen LogP contribution in [0.4, 0.5) is 0 Å². The van der Waals surface area contributed by atoms with Gasteiger partial charge < -0.3 is 0 Å². The quantitative estimate of drug-likeness (QED) is 0.654. The first-order chi connectivity index (χ1) is 5.93. The monoisotopic (exact) mass is 212 g/mol. The van der Waals surface area contributed by atoms with E-state index in [1.54, 1.807) is 17.4 Å². The number of carbonyl (C=O) groups excluding carboxylic acids is 1. The molecule has 13 heavy (non-hydrogen) atoms. The van der Waals surface area contributed by atoms with Crippen LogP contribution in [0.5, 0.6) is 0 Å². The van der Waals surface area contributed by atoms with E-state index < -0.39 is 0 Å². The van der Waals surface area contributed by atoms with E-state index in [0.29, 0.717) is 0 Å². The Hall–Kier alpha value is -0.930. The average molecular weight is 212 g/mol. The molecule has 0 aromatic carbocycles. The Morgan fingerprint density at radius 2 is 1.77 bits per heavy atom. The molecule has 0 spiro atoms. The van der Waals surface area contributed by atoms with E-state index in [0.717, 1.165) is 11.2 Å². The van der Waals surface area contributed by atoms with Crippen molar-refractivity contribution in [2.45, 2.75) is 7.43 Å². The van der Waals surface area contributed by atoms with Gasteiger partial charge in [0.05, 0.1) is 4.88 Å². The van der Waals surface area contributed by atoms with Gasteiger partial charge in [-0.15, -0.1) is 11.3 Å². The summed E-state index contributed by atoms with van der Waals surface area (Å²) in [7, 11) is 0. The van der Waals surface area contributed by atoms with Gasteiger partial charge in [0.25, 0.3) is 0 Å². The van der Waals surface area contributed by atoms with E-state index in [9.17, 15) is 4.79 Å². The smallest absolute Gasteiger partial charge is 0.159 e. The van der Waals surface area contributed by atoms with E-state index in [4.69, 9.17) is 0 Å². The van der Waals surface area contributed by atoms with Crippen LogP contribution in [0.1, 0.15) is 17.1 Å². The lowest BCUT2D eigenvalue weighted by Gasteiger charge is -1.66. The van der Waals surface area contributed by atoms with Crippen molar-refractivity contribution in [3.8, 4) is 0 Å². The first kappa shape index (κ1) is 12.1. The second-order valence-electron chi connectivity index (χ2n) is 1.93. The lowest BCUT2D eigenvalue weighted by Crippen LogP contribution is -1.61. The van der Waals surface area contributed by atoms with Crippen LogP contribution in [0.15, 0.2) is 40.4 Å². The molecule has 0 N–H and O–H groups in total. The number of hydrogen-bond donors (Lipinski definition) is 0. The molecular formula is C10H12OS2. The highest BCUT2D eigenvalue weighted by Gasteiger charge is 1.82. The fourth-order valence-corrected chi connectivity index (χ4v) is 1.57. The van der Waals surface area contributed by atoms with Gasteiger partial charge in [-0.05, 0) is 22.2 Å². The number of aldehydes is 1. The molecule has 0 saturated carbocycles. The lowest BCUT2D eigenvalue weighted by atomic mass is 10.5. The average Bonchev–Trinajstić information content (AvgIpc) is 2.81. The standard InChI is InChI=1S/C5H4OS.C4H4S.CH4/c6-4-5-2-1-3-7-5;1-2-4-5-3-1;/h1-4H;1-4H;1H4. The largest absolute Gasteiger partial charge is 0.297 e. The molecule has 2 heterocycles. The molecule has 3 heteroatoms. The highest BCUT2D eigenvalue weighted by atomic mass is 32.1. The van der Waals surface area contributed by atoms with Gasteiger partial charge in [-0.25, -0.2) is 0 Å². The number of hydrogen-bond acceptors (Lipinski definition) is 3. The Morgan fingerprint density at radius 1 is 1.08 bits per heavy atom. The number of thiophene rings is 2. The summed E-state index contributed by atoms with van der Waals surface area (Å²) in [4.78, 5) is 10.7. The third kappa shape index (κ3) is 5.33. The molecule has 0 aliphatic heterocycles.